The molecule has 142 valence electrons. The highest BCUT2D eigenvalue weighted by Crippen LogP contribution is 2.28. The molecular weight excluding hydrogens is 352 g/mol. The van der Waals surface area contributed by atoms with Crippen molar-refractivity contribution in [2.75, 3.05) is 24.7 Å². The van der Waals surface area contributed by atoms with E-state index >= 15 is 0 Å². The summed E-state index contributed by atoms with van der Waals surface area (Å²) in [7, 11) is 0. The first-order chi connectivity index (χ1) is 13.0. The lowest BCUT2D eigenvalue weighted by Crippen LogP contribution is -2.34. The summed E-state index contributed by atoms with van der Waals surface area (Å²) < 4.78 is 10.2. The molecule has 0 aliphatic heterocycles. The van der Waals surface area contributed by atoms with Gasteiger partial charge in [0.15, 0.2) is 12.4 Å². The molecule has 1 amide bonds. The van der Waals surface area contributed by atoms with Crippen LogP contribution in [-0.2, 0) is 9.53 Å². The molecule has 2 aromatic carbocycles. The summed E-state index contributed by atoms with van der Waals surface area (Å²) >= 11 is 0. The summed E-state index contributed by atoms with van der Waals surface area (Å²) in [6.07, 6.45) is 0. The normalized spacial score (nSPS) is 10.1. The lowest BCUT2D eigenvalue weighted by molar-refractivity contribution is -0.385. The predicted molar refractivity (Wildman–Crippen MR) is 99.0 cm³/mol. The quantitative estimate of drug-likeness (QED) is 0.401. The largest absolute Gasteiger partial charge is 0.487 e. The van der Waals surface area contributed by atoms with Crippen molar-refractivity contribution >= 4 is 23.3 Å². The zero-order valence-electron chi connectivity index (χ0n) is 15.1. The highest BCUT2D eigenvalue weighted by atomic mass is 16.6. The van der Waals surface area contributed by atoms with Crippen molar-refractivity contribution < 1.29 is 24.0 Å². The molecule has 0 saturated heterocycles. The van der Waals surface area contributed by atoms with E-state index in [9.17, 15) is 19.7 Å². The number of ether oxygens (including phenoxy) is 2. The third kappa shape index (κ3) is 5.04. The zero-order chi connectivity index (χ0) is 19.8. The summed E-state index contributed by atoms with van der Waals surface area (Å²) in [4.78, 5) is 36.5. The van der Waals surface area contributed by atoms with Crippen LogP contribution < -0.4 is 9.64 Å². The minimum Gasteiger partial charge on any atom is -0.487 e. The fraction of sp³-hybridized carbons (Fsp3) is 0.263. The lowest BCUT2D eigenvalue weighted by atomic mass is 10.2. The van der Waals surface area contributed by atoms with Gasteiger partial charge in [-0.25, -0.2) is 4.79 Å². The minimum atomic E-state index is -0.821. The van der Waals surface area contributed by atoms with E-state index in [0.29, 0.717) is 12.2 Å². The van der Waals surface area contributed by atoms with Crippen molar-refractivity contribution in [3.05, 3.63) is 64.2 Å². The Hall–Kier alpha value is -3.42. The van der Waals surface area contributed by atoms with E-state index in [1.165, 1.54) is 17.0 Å². The van der Waals surface area contributed by atoms with Crippen molar-refractivity contribution in [2.24, 2.45) is 0 Å². The number of likely N-dealkylation sites (N-methyl/N-ethyl adjacent to an activating group) is 1. The predicted octanol–water partition coefficient (Wildman–Crippen LogP) is 3.20. The molecule has 0 heterocycles. The van der Waals surface area contributed by atoms with E-state index in [2.05, 4.69) is 0 Å². The number of nitro benzene ring substituents is 1. The number of nitro groups is 1. The number of esters is 1. The van der Waals surface area contributed by atoms with Crippen LogP contribution in [0.15, 0.2) is 48.5 Å². The second kappa shape index (κ2) is 9.33. The highest BCUT2D eigenvalue weighted by Gasteiger charge is 2.21. The summed E-state index contributed by atoms with van der Waals surface area (Å²) in [5.41, 5.74) is 0.329. The molecule has 0 bridgehead atoms. The molecule has 8 nitrogen and oxygen atoms in total. The third-order valence-electron chi connectivity index (χ3n) is 3.70. The van der Waals surface area contributed by atoms with Gasteiger partial charge in [0, 0.05) is 18.3 Å². The first kappa shape index (κ1) is 19.9. The Morgan fingerprint density at radius 2 is 1.81 bits per heavy atom. The molecule has 0 atom stereocenters. The van der Waals surface area contributed by atoms with Crippen LogP contribution in [-0.4, -0.2) is 36.6 Å². The number of nitrogens with zero attached hydrogens (tertiary/aromatic N) is 2. The van der Waals surface area contributed by atoms with Gasteiger partial charge in [0.25, 0.3) is 5.91 Å². The second-order valence-electron chi connectivity index (χ2n) is 5.42. The van der Waals surface area contributed by atoms with E-state index < -0.39 is 23.4 Å². The number of carbonyl (C=O) groups excluding carboxylic acids is 2. The summed E-state index contributed by atoms with van der Waals surface area (Å²) in [5.74, 6) is -1.15. The maximum absolute atomic E-state index is 12.3. The Morgan fingerprint density at radius 3 is 2.41 bits per heavy atom. The van der Waals surface area contributed by atoms with Crippen LogP contribution in [0.3, 0.4) is 0 Å². The zero-order valence-corrected chi connectivity index (χ0v) is 15.1. The van der Waals surface area contributed by atoms with E-state index in [1.54, 1.807) is 31.2 Å². The fourth-order valence-corrected chi connectivity index (χ4v) is 2.46. The molecule has 8 heteroatoms. The van der Waals surface area contributed by atoms with Crippen molar-refractivity contribution in [1.29, 1.82) is 0 Å². The summed E-state index contributed by atoms with van der Waals surface area (Å²) in [6, 6.07) is 12.8. The third-order valence-corrected chi connectivity index (χ3v) is 3.70. The Morgan fingerprint density at radius 1 is 1.11 bits per heavy atom. The lowest BCUT2D eigenvalue weighted by Gasteiger charge is -2.20. The van der Waals surface area contributed by atoms with Crippen LogP contribution in [0.25, 0.3) is 0 Å². The van der Waals surface area contributed by atoms with Crippen LogP contribution in [0.2, 0.25) is 0 Å². The van der Waals surface area contributed by atoms with Gasteiger partial charge in [-0.15, -0.1) is 0 Å². The number of amides is 1. The van der Waals surface area contributed by atoms with Crippen LogP contribution in [0.1, 0.15) is 24.2 Å². The van der Waals surface area contributed by atoms with E-state index in [-0.39, 0.29) is 23.6 Å². The standard InChI is InChI=1S/C19H20N2O6/c1-3-20(15-8-6-5-7-9-15)18(22)13-27-19(23)14-10-11-17(26-4-2)16(12-14)21(24)25/h5-12H,3-4,13H2,1-2H3. The number of anilines is 1. The van der Waals surface area contributed by atoms with Crippen molar-refractivity contribution in [1.82, 2.24) is 0 Å². The monoisotopic (exact) mass is 372 g/mol. The van der Waals surface area contributed by atoms with Gasteiger partial charge >= 0.3 is 11.7 Å². The molecule has 0 radical (unpaired) electrons. The minimum absolute atomic E-state index is 0.0271. The molecule has 0 aliphatic carbocycles. The van der Waals surface area contributed by atoms with Gasteiger partial charge in [-0.1, -0.05) is 18.2 Å². The van der Waals surface area contributed by atoms with E-state index in [0.717, 1.165) is 6.07 Å². The Balaban J connectivity index is 2.07. The van der Waals surface area contributed by atoms with Gasteiger partial charge in [-0.3, -0.25) is 14.9 Å². The molecule has 27 heavy (non-hydrogen) atoms. The van der Waals surface area contributed by atoms with Crippen molar-refractivity contribution in [3.63, 3.8) is 0 Å². The van der Waals surface area contributed by atoms with E-state index in [1.807, 2.05) is 13.0 Å². The molecule has 0 saturated carbocycles. The molecule has 0 aliphatic rings. The molecule has 2 rings (SSSR count). The van der Waals surface area contributed by atoms with Gasteiger partial charge in [0.1, 0.15) is 0 Å². The van der Waals surface area contributed by atoms with Crippen LogP contribution in [0.5, 0.6) is 5.75 Å². The average Bonchev–Trinajstić information content (AvgIpc) is 2.68. The molecule has 0 N–H and O–H groups in total. The smallest absolute Gasteiger partial charge is 0.338 e. The SMILES string of the molecule is CCOc1ccc(C(=O)OCC(=O)N(CC)c2ccccc2)cc1[N+](=O)[O-]. The molecule has 0 unspecified atom stereocenters. The first-order valence-corrected chi connectivity index (χ1v) is 8.41. The molecular formula is C19H20N2O6. The second-order valence-corrected chi connectivity index (χ2v) is 5.42. The molecule has 2 aromatic rings. The van der Waals surface area contributed by atoms with Gasteiger partial charge in [-0.2, -0.15) is 0 Å². The summed E-state index contributed by atoms with van der Waals surface area (Å²) in [5, 5.41) is 11.1. The summed E-state index contributed by atoms with van der Waals surface area (Å²) in [6.45, 7) is 3.70. The first-order valence-electron chi connectivity index (χ1n) is 8.41. The van der Waals surface area contributed by atoms with Gasteiger partial charge in [0.05, 0.1) is 17.1 Å². The van der Waals surface area contributed by atoms with E-state index in [4.69, 9.17) is 9.47 Å². The number of para-hydroxylation sites is 1. The van der Waals surface area contributed by atoms with Gasteiger partial charge in [0.2, 0.25) is 0 Å². The molecule has 0 fully saturated rings. The Labute approximate surface area is 156 Å². The fourth-order valence-electron chi connectivity index (χ4n) is 2.46. The molecule has 0 spiro atoms. The van der Waals surface area contributed by atoms with Crippen molar-refractivity contribution in [3.8, 4) is 5.75 Å². The maximum Gasteiger partial charge on any atom is 0.338 e. The maximum atomic E-state index is 12.3. The van der Waals surface area contributed by atoms with Crippen molar-refractivity contribution in [2.45, 2.75) is 13.8 Å². The number of rotatable bonds is 8. The molecule has 0 aromatic heterocycles. The average molecular weight is 372 g/mol. The number of hydrogen-bond acceptors (Lipinski definition) is 6. The topological polar surface area (TPSA) is 99.0 Å². The number of carbonyl (C=O) groups is 2. The van der Waals surface area contributed by atoms with Gasteiger partial charge < -0.3 is 14.4 Å². The number of benzene rings is 2. The number of hydrogen-bond donors (Lipinski definition) is 0. The van der Waals surface area contributed by atoms with Crippen LogP contribution >= 0.6 is 0 Å². The highest BCUT2D eigenvalue weighted by molar-refractivity contribution is 5.97. The van der Waals surface area contributed by atoms with Crippen LogP contribution in [0.4, 0.5) is 11.4 Å². The Kier molecular flexibility index (Phi) is 6.87. The van der Waals surface area contributed by atoms with Crippen LogP contribution in [0, 0.1) is 10.1 Å². The van der Waals surface area contributed by atoms with Gasteiger partial charge in [-0.05, 0) is 38.1 Å². The Bertz CT molecular complexity index is 822.